The van der Waals surface area contributed by atoms with Gasteiger partial charge in [0, 0.05) is 18.1 Å². The van der Waals surface area contributed by atoms with Crippen LogP contribution in [0.5, 0.6) is 0 Å². The molecule has 0 unspecified atom stereocenters. The first-order chi connectivity index (χ1) is 9.13. The van der Waals surface area contributed by atoms with E-state index in [1.165, 1.54) is 4.88 Å². The van der Waals surface area contributed by atoms with E-state index in [4.69, 9.17) is 17.3 Å². The van der Waals surface area contributed by atoms with E-state index in [0.717, 1.165) is 16.7 Å². The zero-order chi connectivity index (χ0) is 13.4. The maximum Gasteiger partial charge on any atom is 0.255 e. The van der Waals surface area contributed by atoms with Gasteiger partial charge in [-0.2, -0.15) is 9.50 Å². The fourth-order valence-electron chi connectivity index (χ4n) is 1.84. The summed E-state index contributed by atoms with van der Waals surface area (Å²) in [7, 11) is 1.97. The van der Waals surface area contributed by atoms with Gasteiger partial charge in [0.1, 0.15) is 5.82 Å². The van der Waals surface area contributed by atoms with Gasteiger partial charge in [-0.25, -0.2) is 4.98 Å². The van der Waals surface area contributed by atoms with Gasteiger partial charge >= 0.3 is 0 Å². The third-order valence-corrected chi connectivity index (χ3v) is 3.87. The van der Waals surface area contributed by atoms with Crippen molar-refractivity contribution in [3.8, 4) is 0 Å². The first-order valence-corrected chi connectivity index (χ1v) is 6.75. The van der Waals surface area contributed by atoms with Crippen molar-refractivity contribution in [2.75, 3.05) is 17.7 Å². The Bertz CT molecular complexity index is 721. The minimum Gasteiger partial charge on any atom is -0.366 e. The summed E-state index contributed by atoms with van der Waals surface area (Å²) in [5, 5.41) is 4.14. The highest BCUT2D eigenvalue weighted by molar-refractivity contribution is 7.16. The highest BCUT2D eigenvalue weighted by atomic mass is 35.5. The number of hydrogen-bond donors (Lipinski definition) is 1. The summed E-state index contributed by atoms with van der Waals surface area (Å²) in [6, 6.07) is 5.78. The van der Waals surface area contributed by atoms with Crippen LogP contribution in [0.2, 0.25) is 4.34 Å². The van der Waals surface area contributed by atoms with Gasteiger partial charge in [0.05, 0.1) is 10.9 Å². The molecule has 6 nitrogen and oxygen atoms in total. The van der Waals surface area contributed by atoms with Gasteiger partial charge in [-0.3, -0.25) is 0 Å². The Morgan fingerprint density at radius 3 is 3.00 bits per heavy atom. The molecule has 0 aliphatic carbocycles. The molecular formula is C11H11ClN6S. The van der Waals surface area contributed by atoms with Crippen LogP contribution in [0, 0.1) is 0 Å². The van der Waals surface area contributed by atoms with E-state index in [-0.39, 0.29) is 5.95 Å². The van der Waals surface area contributed by atoms with Crippen LogP contribution < -0.4 is 10.6 Å². The van der Waals surface area contributed by atoms with Crippen LogP contribution in [-0.2, 0) is 6.54 Å². The van der Waals surface area contributed by atoms with Crippen molar-refractivity contribution in [2.24, 2.45) is 0 Å². The third kappa shape index (κ3) is 2.34. The van der Waals surface area contributed by atoms with Gasteiger partial charge in [-0.15, -0.1) is 16.4 Å². The highest BCUT2D eigenvalue weighted by Crippen LogP contribution is 2.24. The molecule has 0 radical (unpaired) electrons. The molecule has 3 aromatic rings. The fourth-order valence-corrected chi connectivity index (χ4v) is 2.98. The van der Waals surface area contributed by atoms with E-state index < -0.39 is 0 Å². The molecule has 0 fully saturated rings. The molecular weight excluding hydrogens is 284 g/mol. The van der Waals surface area contributed by atoms with E-state index in [9.17, 15) is 0 Å². The Hall–Kier alpha value is -1.86. The molecule has 3 rings (SSSR count). The molecule has 0 bridgehead atoms. The van der Waals surface area contributed by atoms with Gasteiger partial charge < -0.3 is 10.6 Å². The third-order valence-electron chi connectivity index (χ3n) is 2.65. The number of thiophene rings is 1. The number of nitrogen functional groups attached to an aromatic ring is 1. The Labute approximate surface area is 118 Å². The van der Waals surface area contributed by atoms with Crippen LogP contribution in [-0.4, -0.2) is 26.6 Å². The first kappa shape index (κ1) is 12.2. The summed E-state index contributed by atoms with van der Waals surface area (Å²) in [6.07, 6.45) is 1.69. The molecule has 0 aliphatic heterocycles. The van der Waals surface area contributed by atoms with Crippen molar-refractivity contribution in [1.82, 2.24) is 19.6 Å². The molecule has 8 heteroatoms. The summed E-state index contributed by atoms with van der Waals surface area (Å²) >= 11 is 7.49. The van der Waals surface area contributed by atoms with Crippen molar-refractivity contribution in [3.05, 3.63) is 33.6 Å². The highest BCUT2D eigenvalue weighted by Gasteiger charge is 2.11. The number of nitrogens with two attached hydrogens (primary N) is 1. The van der Waals surface area contributed by atoms with Crippen LogP contribution in [0.4, 0.5) is 11.8 Å². The van der Waals surface area contributed by atoms with Crippen molar-refractivity contribution in [2.45, 2.75) is 6.54 Å². The molecule has 0 aliphatic rings. The molecule has 0 saturated carbocycles. The zero-order valence-corrected chi connectivity index (χ0v) is 11.7. The van der Waals surface area contributed by atoms with Crippen LogP contribution in [0.25, 0.3) is 5.78 Å². The Balaban J connectivity index is 1.94. The topological polar surface area (TPSA) is 72.3 Å². The standard InChI is InChI=1S/C11H11ClN6S/c1-17(6-7-2-3-8(12)19-7)9-4-5-14-11-15-10(13)16-18(9)11/h2-5H,6H2,1H3,(H2,13,16). The fraction of sp³-hybridized carbons (Fsp3) is 0.182. The lowest BCUT2D eigenvalue weighted by atomic mass is 10.4. The van der Waals surface area contributed by atoms with E-state index in [2.05, 4.69) is 15.1 Å². The largest absolute Gasteiger partial charge is 0.366 e. The lowest BCUT2D eigenvalue weighted by Crippen LogP contribution is -2.19. The van der Waals surface area contributed by atoms with Crippen LogP contribution in [0.3, 0.4) is 0 Å². The number of rotatable bonds is 3. The van der Waals surface area contributed by atoms with Crippen molar-refractivity contribution < 1.29 is 0 Å². The van der Waals surface area contributed by atoms with E-state index in [1.807, 2.05) is 30.1 Å². The molecule has 2 N–H and O–H groups in total. The second kappa shape index (κ2) is 4.67. The number of nitrogens with zero attached hydrogens (tertiary/aromatic N) is 5. The molecule has 3 heterocycles. The van der Waals surface area contributed by atoms with E-state index >= 15 is 0 Å². The predicted octanol–water partition coefficient (Wildman–Crippen LogP) is 2.06. The summed E-state index contributed by atoms with van der Waals surface area (Å²) in [4.78, 5) is 11.4. The van der Waals surface area contributed by atoms with Crippen molar-refractivity contribution in [3.63, 3.8) is 0 Å². The van der Waals surface area contributed by atoms with Gasteiger partial charge in [-0.05, 0) is 18.2 Å². The van der Waals surface area contributed by atoms with Crippen LogP contribution in [0.1, 0.15) is 4.88 Å². The molecule has 0 atom stereocenters. The summed E-state index contributed by atoms with van der Waals surface area (Å²) in [6.45, 7) is 0.732. The first-order valence-electron chi connectivity index (χ1n) is 5.56. The molecule has 0 amide bonds. The van der Waals surface area contributed by atoms with Crippen LogP contribution in [0.15, 0.2) is 24.4 Å². The lowest BCUT2D eigenvalue weighted by Gasteiger charge is -2.18. The quantitative estimate of drug-likeness (QED) is 0.800. The number of aromatic nitrogens is 4. The minimum absolute atomic E-state index is 0.215. The zero-order valence-electron chi connectivity index (χ0n) is 10.1. The average molecular weight is 295 g/mol. The van der Waals surface area contributed by atoms with Gasteiger partial charge in [0.15, 0.2) is 0 Å². The lowest BCUT2D eigenvalue weighted by molar-refractivity contribution is 0.841. The van der Waals surface area contributed by atoms with Crippen molar-refractivity contribution >= 4 is 40.5 Å². The van der Waals surface area contributed by atoms with Gasteiger partial charge in [-0.1, -0.05) is 11.6 Å². The number of halogens is 1. The van der Waals surface area contributed by atoms with Gasteiger partial charge in [0.2, 0.25) is 5.95 Å². The SMILES string of the molecule is CN(Cc1ccc(Cl)s1)c1ccnc2nc(N)nn12. The summed E-state index contributed by atoms with van der Waals surface area (Å²) in [5.41, 5.74) is 5.60. The normalized spacial score (nSPS) is 11.1. The molecule has 19 heavy (non-hydrogen) atoms. The minimum atomic E-state index is 0.215. The van der Waals surface area contributed by atoms with Crippen molar-refractivity contribution in [1.29, 1.82) is 0 Å². The van der Waals surface area contributed by atoms with E-state index in [0.29, 0.717) is 5.78 Å². The Kier molecular flexibility index (Phi) is 3.00. The molecule has 0 aromatic carbocycles. The smallest absolute Gasteiger partial charge is 0.255 e. The molecule has 0 saturated heterocycles. The van der Waals surface area contributed by atoms with E-state index in [1.54, 1.807) is 22.0 Å². The van der Waals surface area contributed by atoms with Crippen LogP contribution >= 0.6 is 22.9 Å². The Morgan fingerprint density at radius 1 is 1.42 bits per heavy atom. The number of anilines is 2. The maximum atomic E-state index is 5.93. The summed E-state index contributed by atoms with van der Waals surface area (Å²) in [5.74, 6) is 1.58. The molecule has 0 spiro atoms. The monoisotopic (exact) mass is 294 g/mol. The average Bonchev–Trinajstić information content (AvgIpc) is 2.93. The number of fused-ring (bicyclic) bond motifs is 1. The second-order valence-corrected chi connectivity index (χ2v) is 5.85. The maximum absolute atomic E-state index is 5.93. The summed E-state index contributed by atoms with van der Waals surface area (Å²) < 4.78 is 2.41. The second-order valence-electron chi connectivity index (χ2n) is 4.05. The number of hydrogen-bond acceptors (Lipinski definition) is 6. The molecule has 3 aromatic heterocycles. The van der Waals surface area contributed by atoms with Gasteiger partial charge in [0.25, 0.3) is 5.78 Å². The Morgan fingerprint density at radius 2 is 2.26 bits per heavy atom. The predicted molar refractivity (Wildman–Crippen MR) is 76.6 cm³/mol. The molecule has 98 valence electrons.